The predicted octanol–water partition coefficient (Wildman–Crippen LogP) is 3.78. The van der Waals surface area contributed by atoms with Gasteiger partial charge in [0, 0.05) is 6.42 Å². The minimum Gasteiger partial charge on any atom is -0.475 e. The largest absolute Gasteiger partial charge is 0.490 e. The number of halogens is 3. The summed E-state index contributed by atoms with van der Waals surface area (Å²) in [5.74, 6) is -2.79. The lowest BCUT2D eigenvalue weighted by Crippen LogP contribution is -2.49. The van der Waals surface area contributed by atoms with Crippen LogP contribution >= 0.6 is 0 Å². The van der Waals surface area contributed by atoms with Crippen LogP contribution in [0.25, 0.3) is 11.1 Å². The maximum Gasteiger partial charge on any atom is 0.490 e. The average molecular weight is 554 g/mol. The van der Waals surface area contributed by atoms with Gasteiger partial charge in [-0.1, -0.05) is 43.7 Å². The molecule has 0 aromatic heterocycles. The molecule has 0 bridgehead atoms. The van der Waals surface area contributed by atoms with Crippen LogP contribution in [0.1, 0.15) is 37.3 Å². The summed E-state index contributed by atoms with van der Waals surface area (Å²) in [4.78, 5) is 21.6. The summed E-state index contributed by atoms with van der Waals surface area (Å²) < 4.78 is 55.9. The second kappa shape index (κ2) is 13.4. The molecular weight excluding hydrogens is 523 g/mol. The van der Waals surface area contributed by atoms with Crippen molar-refractivity contribution in [3.8, 4) is 17.2 Å². The normalized spacial score (nSPS) is 16.4. The van der Waals surface area contributed by atoms with Crippen molar-refractivity contribution in [2.45, 2.75) is 62.7 Å². The maximum absolute atomic E-state index is 12.4. The summed E-state index contributed by atoms with van der Waals surface area (Å²) in [5, 5.41) is 22.7. The van der Waals surface area contributed by atoms with E-state index in [-0.39, 0.29) is 17.7 Å². The molecule has 8 nitrogen and oxygen atoms in total. The predicted molar refractivity (Wildman–Crippen MR) is 135 cm³/mol. The van der Waals surface area contributed by atoms with Gasteiger partial charge >= 0.3 is 12.1 Å². The third-order valence-corrected chi connectivity index (χ3v) is 7.72. The molecule has 206 valence electrons. The maximum atomic E-state index is 12.4. The van der Waals surface area contributed by atoms with Crippen molar-refractivity contribution in [1.29, 1.82) is 5.26 Å². The summed E-state index contributed by atoms with van der Waals surface area (Å²) in [5.41, 5.74) is 3.79. The van der Waals surface area contributed by atoms with E-state index in [2.05, 4.69) is 16.7 Å². The van der Waals surface area contributed by atoms with Gasteiger partial charge in [-0.15, -0.1) is 0 Å². The quantitative estimate of drug-likeness (QED) is 0.475. The first kappa shape index (κ1) is 30.8. The van der Waals surface area contributed by atoms with Crippen molar-refractivity contribution in [2.75, 3.05) is 12.3 Å². The van der Waals surface area contributed by atoms with E-state index in [0.717, 1.165) is 48.1 Å². The van der Waals surface area contributed by atoms with Crippen LogP contribution in [0.4, 0.5) is 13.2 Å². The standard InChI is InChI=1S/C24H29N3O3S.C2HF3O2/c1-3-31(29,30)21-11-12-22(17(2)14-21)19-9-7-18(8-10-19)15-20(16-25)27-24(28)23-6-4-5-13-26-23;3-2(4,5)1(6)7/h7-12,14,20,23,26H,3-6,13,15H2,1-2H3,(H,27,28);(H,6,7)/t20-,23-;/m0./s1. The van der Waals surface area contributed by atoms with E-state index in [0.29, 0.717) is 11.3 Å². The number of carboxylic acid groups (broad SMARTS) is 1. The van der Waals surface area contributed by atoms with Gasteiger partial charge in [-0.05, 0) is 60.7 Å². The average Bonchev–Trinajstić information content (AvgIpc) is 2.89. The number of benzene rings is 2. The van der Waals surface area contributed by atoms with E-state index in [9.17, 15) is 31.6 Å². The Kier molecular flexibility index (Phi) is 10.9. The molecule has 1 amide bonds. The molecule has 2 atom stereocenters. The van der Waals surface area contributed by atoms with Crippen LogP contribution in [0.2, 0.25) is 0 Å². The number of sulfone groups is 1. The van der Waals surface area contributed by atoms with Crippen LogP contribution in [0.15, 0.2) is 47.4 Å². The van der Waals surface area contributed by atoms with Gasteiger partial charge in [-0.25, -0.2) is 13.2 Å². The van der Waals surface area contributed by atoms with Crippen LogP contribution in [-0.4, -0.2) is 56.0 Å². The lowest BCUT2D eigenvalue weighted by atomic mass is 9.98. The molecule has 0 saturated carbocycles. The van der Waals surface area contributed by atoms with Crippen molar-refractivity contribution in [3.63, 3.8) is 0 Å². The number of carboxylic acids is 1. The van der Waals surface area contributed by atoms with E-state index in [1.54, 1.807) is 19.1 Å². The van der Waals surface area contributed by atoms with Crippen LogP contribution in [-0.2, 0) is 25.8 Å². The zero-order valence-electron chi connectivity index (χ0n) is 21.0. The number of carbonyl (C=O) groups is 2. The number of alkyl halides is 3. The van der Waals surface area contributed by atoms with E-state index in [1.807, 2.05) is 37.3 Å². The van der Waals surface area contributed by atoms with Gasteiger partial charge in [-0.2, -0.15) is 18.4 Å². The topological polar surface area (TPSA) is 136 Å². The monoisotopic (exact) mass is 553 g/mol. The SMILES string of the molecule is CCS(=O)(=O)c1ccc(-c2ccc(C[C@@H](C#N)NC(=O)[C@@H]3CCCCN3)cc2)c(C)c1.O=C(O)C(F)(F)F. The number of nitriles is 1. The van der Waals surface area contributed by atoms with E-state index < -0.39 is 28.0 Å². The fourth-order valence-corrected chi connectivity index (χ4v) is 4.82. The highest BCUT2D eigenvalue weighted by Crippen LogP contribution is 2.27. The van der Waals surface area contributed by atoms with Crippen molar-refractivity contribution in [1.82, 2.24) is 10.6 Å². The number of nitrogens with zero attached hydrogens (tertiary/aromatic N) is 1. The Bertz CT molecular complexity index is 1270. The third-order valence-electron chi connectivity index (χ3n) is 5.98. The molecule has 0 spiro atoms. The summed E-state index contributed by atoms with van der Waals surface area (Å²) in [6, 6.07) is 14.4. The molecule has 1 saturated heterocycles. The highest BCUT2D eigenvalue weighted by atomic mass is 32.2. The lowest BCUT2D eigenvalue weighted by Gasteiger charge is -2.23. The minimum absolute atomic E-state index is 0.0773. The van der Waals surface area contributed by atoms with Crippen LogP contribution in [0.3, 0.4) is 0 Å². The Morgan fingerprint density at radius 3 is 2.29 bits per heavy atom. The van der Waals surface area contributed by atoms with Gasteiger partial charge in [0.05, 0.1) is 22.8 Å². The number of nitrogens with one attached hydrogen (secondary N) is 2. The van der Waals surface area contributed by atoms with Crippen molar-refractivity contribution >= 4 is 21.7 Å². The number of carbonyl (C=O) groups excluding carboxylic acids is 1. The number of hydrogen-bond acceptors (Lipinski definition) is 6. The molecule has 12 heteroatoms. The molecule has 1 heterocycles. The van der Waals surface area contributed by atoms with Crippen molar-refractivity contribution < 1.29 is 36.3 Å². The van der Waals surface area contributed by atoms with Crippen LogP contribution in [0.5, 0.6) is 0 Å². The fourth-order valence-electron chi connectivity index (χ4n) is 3.85. The van der Waals surface area contributed by atoms with Crippen LogP contribution in [0, 0.1) is 18.3 Å². The summed E-state index contributed by atoms with van der Waals surface area (Å²) in [6.07, 6.45) is -1.75. The summed E-state index contributed by atoms with van der Waals surface area (Å²) in [6.45, 7) is 4.37. The second-order valence-corrected chi connectivity index (χ2v) is 11.1. The highest BCUT2D eigenvalue weighted by molar-refractivity contribution is 7.91. The molecule has 3 rings (SSSR count). The number of aliphatic carboxylic acids is 1. The molecular formula is C26H30F3N3O5S. The van der Waals surface area contributed by atoms with Gasteiger partial charge in [-0.3, -0.25) is 4.79 Å². The number of rotatable bonds is 7. The minimum atomic E-state index is -5.08. The third kappa shape index (κ3) is 8.85. The molecule has 0 radical (unpaired) electrons. The number of piperidine rings is 1. The van der Waals surface area contributed by atoms with E-state index >= 15 is 0 Å². The molecule has 1 fully saturated rings. The first-order valence-corrected chi connectivity index (χ1v) is 13.6. The van der Waals surface area contributed by atoms with Crippen LogP contribution < -0.4 is 10.6 Å². The Morgan fingerprint density at radius 1 is 1.18 bits per heavy atom. The number of hydrogen-bond donors (Lipinski definition) is 3. The van der Waals surface area contributed by atoms with E-state index in [4.69, 9.17) is 9.90 Å². The molecule has 38 heavy (non-hydrogen) atoms. The first-order valence-electron chi connectivity index (χ1n) is 11.9. The Balaban J connectivity index is 0.000000638. The molecule has 0 unspecified atom stereocenters. The van der Waals surface area contributed by atoms with E-state index in [1.165, 1.54) is 0 Å². The van der Waals surface area contributed by atoms with Gasteiger partial charge in [0.2, 0.25) is 5.91 Å². The van der Waals surface area contributed by atoms with Crippen molar-refractivity contribution in [2.24, 2.45) is 0 Å². The Morgan fingerprint density at radius 2 is 1.82 bits per heavy atom. The Hall–Kier alpha value is -3.43. The zero-order valence-corrected chi connectivity index (χ0v) is 21.8. The van der Waals surface area contributed by atoms with Gasteiger partial charge in [0.25, 0.3) is 0 Å². The van der Waals surface area contributed by atoms with Gasteiger partial charge in [0.15, 0.2) is 9.84 Å². The molecule has 2 aromatic rings. The van der Waals surface area contributed by atoms with Gasteiger partial charge in [0.1, 0.15) is 6.04 Å². The Labute approximate surface area is 219 Å². The van der Waals surface area contributed by atoms with Gasteiger partial charge < -0.3 is 15.7 Å². The molecule has 2 aromatic carbocycles. The number of aryl methyl sites for hydroxylation is 1. The van der Waals surface area contributed by atoms with Crippen molar-refractivity contribution in [3.05, 3.63) is 53.6 Å². The fraction of sp³-hybridized carbons (Fsp3) is 0.423. The summed E-state index contributed by atoms with van der Waals surface area (Å²) in [7, 11) is -3.23. The smallest absolute Gasteiger partial charge is 0.475 e. The molecule has 3 N–H and O–H groups in total. The first-order chi connectivity index (χ1) is 17.8. The molecule has 0 aliphatic carbocycles. The number of amides is 1. The second-order valence-electron chi connectivity index (χ2n) is 8.78. The highest BCUT2D eigenvalue weighted by Gasteiger charge is 2.38. The molecule has 1 aliphatic heterocycles. The molecule has 1 aliphatic rings. The summed E-state index contributed by atoms with van der Waals surface area (Å²) >= 11 is 0. The lowest BCUT2D eigenvalue weighted by molar-refractivity contribution is -0.192. The zero-order chi connectivity index (χ0) is 28.5.